The molecule has 0 saturated carbocycles. The molecule has 0 aromatic rings. The fraction of sp³-hybridized carbons (Fsp3) is 1.00. The zero-order valence-corrected chi connectivity index (χ0v) is 9.47. The Kier molecular flexibility index (Phi) is 3.74. The molecule has 2 heteroatoms. The Bertz CT molecular complexity index is 145. The van der Waals surface area contributed by atoms with E-state index in [1.807, 2.05) is 0 Å². The summed E-state index contributed by atoms with van der Waals surface area (Å²) in [6.07, 6.45) is 2.98. The molecule has 2 nitrogen and oxygen atoms in total. The van der Waals surface area contributed by atoms with Gasteiger partial charge in [0.2, 0.25) is 0 Å². The van der Waals surface area contributed by atoms with E-state index < -0.39 is 0 Å². The normalized spacial score (nSPS) is 24.2. The summed E-state index contributed by atoms with van der Waals surface area (Å²) >= 11 is 0. The lowest BCUT2D eigenvalue weighted by Gasteiger charge is -2.28. The first-order chi connectivity index (χ1) is 5.97. The Balaban J connectivity index is 2.20. The molecule has 0 N–H and O–H groups in total. The fourth-order valence-electron chi connectivity index (χ4n) is 2.01. The zero-order chi connectivity index (χ0) is 9.90. The van der Waals surface area contributed by atoms with Gasteiger partial charge in [-0.15, -0.1) is 0 Å². The third-order valence-electron chi connectivity index (χ3n) is 2.28. The van der Waals surface area contributed by atoms with E-state index >= 15 is 0 Å². The number of ether oxygens (including phenoxy) is 1. The van der Waals surface area contributed by atoms with Gasteiger partial charge in [-0.05, 0) is 25.3 Å². The van der Waals surface area contributed by atoms with Crippen molar-refractivity contribution in [2.45, 2.75) is 39.7 Å². The predicted octanol–water partition coefficient (Wildman–Crippen LogP) is 2.14. The van der Waals surface area contributed by atoms with Gasteiger partial charge in [0.1, 0.15) is 0 Å². The Morgan fingerprint density at radius 2 is 2.08 bits per heavy atom. The van der Waals surface area contributed by atoms with Crippen LogP contribution in [-0.4, -0.2) is 37.7 Å². The van der Waals surface area contributed by atoms with Gasteiger partial charge < -0.3 is 9.64 Å². The van der Waals surface area contributed by atoms with E-state index in [0.717, 1.165) is 19.7 Å². The molecule has 0 unspecified atom stereocenters. The van der Waals surface area contributed by atoms with Gasteiger partial charge in [0.05, 0.1) is 6.10 Å². The lowest BCUT2D eigenvalue weighted by atomic mass is 9.96. The quantitative estimate of drug-likeness (QED) is 0.668. The molecule has 0 amide bonds. The molecule has 1 aliphatic rings. The second-order valence-corrected chi connectivity index (χ2v) is 5.39. The molecule has 0 bridgehead atoms. The van der Waals surface area contributed by atoms with E-state index in [0.29, 0.717) is 11.5 Å². The minimum Gasteiger partial charge on any atom is -0.377 e. The second-order valence-electron chi connectivity index (χ2n) is 5.39. The maximum Gasteiger partial charge on any atom is 0.0702 e. The predicted molar refractivity (Wildman–Crippen MR) is 55.9 cm³/mol. The van der Waals surface area contributed by atoms with Crippen molar-refractivity contribution in [1.29, 1.82) is 0 Å². The highest BCUT2D eigenvalue weighted by atomic mass is 16.5. The summed E-state index contributed by atoms with van der Waals surface area (Å²) in [5.41, 5.74) is 0.396. The van der Waals surface area contributed by atoms with E-state index in [1.165, 1.54) is 12.8 Å². The first-order valence-electron chi connectivity index (χ1n) is 5.27. The molecule has 1 rings (SSSR count). The van der Waals surface area contributed by atoms with Gasteiger partial charge in [-0.2, -0.15) is 0 Å². The minimum absolute atomic E-state index is 0.396. The van der Waals surface area contributed by atoms with E-state index in [4.69, 9.17) is 4.74 Å². The monoisotopic (exact) mass is 185 g/mol. The van der Waals surface area contributed by atoms with Crippen LogP contribution in [-0.2, 0) is 4.74 Å². The molecular formula is C11H23NO. The molecule has 1 saturated heterocycles. The van der Waals surface area contributed by atoms with Gasteiger partial charge in [-0.25, -0.2) is 0 Å². The van der Waals surface area contributed by atoms with E-state index in [1.54, 1.807) is 0 Å². The first kappa shape index (κ1) is 11.0. The van der Waals surface area contributed by atoms with Gasteiger partial charge in [0.25, 0.3) is 0 Å². The average Bonchev–Trinajstić information content (AvgIpc) is 2.34. The van der Waals surface area contributed by atoms with Crippen LogP contribution >= 0.6 is 0 Å². The molecule has 0 aromatic carbocycles. The van der Waals surface area contributed by atoms with Crippen LogP contribution in [0.4, 0.5) is 0 Å². The van der Waals surface area contributed by atoms with Gasteiger partial charge in [0.15, 0.2) is 0 Å². The van der Waals surface area contributed by atoms with Crippen molar-refractivity contribution in [3.05, 3.63) is 0 Å². The van der Waals surface area contributed by atoms with Crippen LogP contribution in [0.3, 0.4) is 0 Å². The number of likely N-dealkylation sites (N-methyl/N-ethyl adjacent to an activating group) is 1. The third kappa shape index (κ3) is 4.63. The van der Waals surface area contributed by atoms with E-state index in [9.17, 15) is 0 Å². The van der Waals surface area contributed by atoms with Crippen molar-refractivity contribution in [3.8, 4) is 0 Å². The molecular weight excluding hydrogens is 162 g/mol. The van der Waals surface area contributed by atoms with Crippen LogP contribution in [0.5, 0.6) is 0 Å². The van der Waals surface area contributed by atoms with Crippen LogP contribution in [0, 0.1) is 5.41 Å². The number of rotatable bonds is 3. The van der Waals surface area contributed by atoms with Gasteiger partial charge in [-0.3, -0.25) is 0 Å². The largest absolute Gasteiger partial charge is 0.377 e. The summed E-state index contributed by atoms with van der Waals surface area (Å²) in [4.78, 5) is 2.38. The Morgan fingerprint density at radius 1 is 1.38 bits per heavy atom. The molecule has 13 heavy (non-hydrogen) atoms. The Morgan fingerprint density at radius 3 is 2.54 bits per heavy atom. The smallest absolute Gasteiger partial charge is 0.0702 e. The van der Waals surface area contributed by atoms with Crippen LogP contribution in [0.15, 0.2) is 0 Å². The lowest BCUT2D eigenvalue weighted by Crippen LogP contribution is -2.35. The Labute approximate surface area is 82.3 Å². The number of nitrogens with zero attached hydrogens (tertiary/aromatic N) is 1. The molecule has 78 valence electrons. The van der Waals surface area contributed by atoms with Crippen molar-refractivity contribution in [2.24, 2.45) is 5.41 Å². The lowest BCUT2D eigenvalue weighted by molar-refractivity contribution is 0.0716. The van der Waals surface area contributed by atoms with Crippen molar-refractivity contribution >= 4 is 0 Å². The van der Waals surface area contributed by atoms with Crippen molar-refractivity contribution in [1.82, 2.24) is 4.90 Å². The summed E-state index contributed by atoms with van der Waals surface area (Å²) in [6, 6.07) is 0. The zero-order valence-electron chi connectivity index (χ0n) is 9.47. The molecule has 0 spiro atoms. The summed E-state index contributed by atoms with van der Waals surface area (Å²) in [5, 5.41) is 0. The second kappa shape index (κ2) is 4.43. The molecule has 1 fully saturated rings. The fourth-order valence-corrected chi connectivity index (χ4v) is 2.01. The van der Waals surface area contributed by atoms with Crippen LogP contribution < -0.4 is 0 Å². The summed E-state index contributed by atoms with van der Waals surface area (Å²) < 4.78 is 5.60. The van der Waals surface area contributed by atoms with Crippen LogP contribution in [0.25, 0.3) is 0 Å². The molecule has 1 aliphatic heterocycles. The summed E-state index contributed by atoms with van der Waals surface area (Å²) in [6.45, 7) is 10.0. The molecule has 0 aliphatic carbocycles. The summed E-state index contributed by atoms with van der Waals surface area (Å²) in [5.74, 6) is 0. The van der Waals surface area contributed by atoms with Crippen molar-refractivity contribution in [2.75, 3.05) is 26.7 Å². The highest BCUT2D eigenvalue weighted by Crippen LogP contribution is 2.17. The van der Waals surface area contributed by atoms with Gasteiger partial charge in [-0.1, -0.05) is 20.8 Å². The number of hydrogen-bond acceptors (Lipinski definition) is 2. The van der Waals surface area contributed by atoms with Gasteiger partial charge in [0, 0.05) is 19.7 Å². The molecule has 0 radical (unpaired) electrons. The van der Waals surface area contributed by atoms with Gasteiger partial charge >= 0.3 is 0 Å². The van der Waals surface area contributed by atoms with Crippen LogP contribution in [0.1, 0.15) is 33.6 Å². The highest BCUT2D eigenvalue weighted by Gasteiger charge is 2.20. The Hall–Kier alpha value is -0.0800. The van der Waals surface area contributed by atoms with Crippen LogP contribution in [0.2, 0.25) is 0 Å². The maximum atomic E-state index is 5.60. The standard InChI is InChI=1S/C11H23NO/c1-11(2,3)9-12(4)8-10-6-5-7-13-10/h10H,5-9H2,1-4H3/t10-/m0/s1. The topological polar surface area (TPSA) is 12.5 Å². The molecule has 1 atom stereocenters. The number of hydrogen-bond donors (Lipinski definition) is 0. The minimum atomic E-state index is 0.396. The SMILES string of the molecule is CN(C[C@@H]1CCCO1)CC(C)(C)C. The van der Waals surface area contributed by atoms with E-state index in [-0.39, 0.29) is 0 Å². The molecule has 1 heterocycles. The highest BCUT2D eigenvalue weighted by molar-refractivity contribution is 4.72. The summed E-state index contributed by atoms with van der Waals surface area (Å²) in [7, 11) is 2.19. The third-order valence-corrected chi connectivity index (χ3v) is 2.28. The van der Waals surface area contributed by atoms with Crippen molar-refractivity contribution < 1.29 is 4.74 Å². The van der Waals surface area contributed by atoms with E-state index in [2.05, 4.69) is 32.7 Å². The maximum absolute atomic E-state index is 5.60. The average molecular weight is 185 g/mol. The molecule has 0 aromatic heterocycles. The first-order valence-corrected chi connectivity index (χ1v) is 5.27. The van der Waals surface area contributed by atoms with Crippen molar-refractivity contribution in [3.63, 3.8) is 0 Å².